The van der Waals surface area contributed by atoms with Gasteiger partial charge in [0.2, 0.25) is 0 Å². The second-order valence-electron chi connectivity index (χ2n) is 3.90. The normalized spacial score (nSPS) is 10.9. The SMILES string of the molecule is CN(CCS(C)(=O)=O)c1cccc(C#N)c1N. The molecule has 5 nitrogen and oxygen atoms in total. The van der Waals surface area contributed by atoms with Crippen LogP contribution in [0.5, 0.6) is 0 Å². The summed E-state index contributed by atoms with van der Waals surface area (Å²) in [6.45, 7) is 0.345. The molecular formula is C11H15N3O2S. The van der Waals surface area contributed by atoms with E-state index in [2.05, 4.69) is 0 Å². The number of nitrogens with zero attached hydrogens (tertiary/aromatic N) is 2. The molecule has 0 amide bonds. The Labute approximate surface area is 101 Å². The average Bonchev–Trinajstić information content (AvgIpc) is 2.25. The maximum atomic E-state index is 11.1. The van der Waals surface area contributed by atoms with Crippen LogP contribution >= 0.6 is 0 Å². The number of benzene rings is 1. The van der Waals surface area contributed by atoms with E-state index in [0.29, 0.717) is 23.5 Å². The summed E-state index contributed by atoms with van der Waals surface area (Å²) < 4.78 is 22.1. The van der Waals surface area contributed by atoms with E-state index in [1.807, 2.05) is 6.07 Å². The topological polar surface area (TPSA) is 87.2 Å². The van der Waals surface area contributed by atoms with Crippen LogP contribution in [-0.2, 0) is 9.84 Å². The van der Waals surface area contributed by atoms with Crippen molar-refractivity contribution in [1.29, 1.82) is 5.26 Å². The van der Waals surface area contributed by atoms with Crippen LogP contribution in [0.15, 0.2) is 18.2 Å². The van der Waals surface area contributed by atoms with Crippen molar-refractivity contribution < 1.29 is 8.42 Å². The molecule has 0 aliphatic heterocycles. The molecule has 0 unspecified atom stereocenters. The molecule has 1 aromatic carbocycles. The van der Waals surface area contributed by atoms with Crippen LogP contribution in [0.3, 0.4) is 0 Å². The standard InChI is InChI=1S/C11H15N3O2S/c1-14(6-7-17(2,15)16)10-5-3-4-9(8-12)11(10)13/h3-5H,6-7,13H2,1-2H3. The maximum Gasteiger partial charge on any atom is 0.149 e. The minimum atomic E-state index is -3.00. The predicted octanol–water partition coefficient (Wildman–Crippen LogP) is 0.621. The van der Waals surface area contributed by atoms with Crippen molar-refractivity contribution in [3.63, 3.8) is 0 Å². The molecule has 1 rings (SSSR count). The summed E-state index contributed by atoms with van der Waals surface area (Å²) >= 11 is 0. The number of nitrogen functional groups attached to an aromatic ring is 1. The quantitative estimate of drug-likeness (QED) is 0.795. The van der Waals surface area contributed by atoms with Crippen molar-refractivity contribution in [2.45, 2.75) is 0 Å². The van der Waals surface area contributed by atoms with Gasteiger partial charge in [0.1, 0.15) is 15.9 Å². The third-order valence-electron chi connectivity index (χ3n) is 2.41. The smallest absolute Gasteiger partial charge is 0.149 e. The number of hydrogen-bond donors (Lipinski definition) is 1. The largest absolute Gasteiger partial charge is 0.396 e. The molecule has 0 spiro atoms. The van der Waals surface area contributed by atoms with E-state index < -0.39 is 9.84 Å². The van der Waals surface area contributed by atoms with Crippen molar-refractivity contribution in [3.05, 3.63) is 23.8 Å². The summed E-state index contributed by atoms with van der Waals surface area (Å²) in [6.07, 6.45) is 1.19. The Kier molecular flexibility index (Phi) is 3.97. The van der Waals surface area contributed by atoms with E-state index >= 15 is 0 Å². The van der Waals surface area contributed by atoms with Gasteiger partial charge in [-0.2, -0.15) is 5.26 Å². The van der Waals surface area contributed by atoms with Gasteiger partial charge in [0, 0.05) is 19.8 Å². The van der Waals surface area contributed by atoms with Crippen molar-refractivity contribution in [1.82, 2.24) is 0 Å². The lowest BCUT2D eigenvalue weighted by Gasteiger charge is -2.20. The van der Waals surface area contributed by atoms with Gasteiger partial charge in [0.25, 0.3) is 0 Å². The van der Waals surface area contributed by atoms with Crippen LogP contribution in [0.4, 0.5) is 11.4 Å². The Hall–Kier alpha value is -1.74. The minimum Gasteiger partial charge on any atom is -0.396 e. The highest BCUT2D eigenvalue weighted by atomic mass is 32.2. The van der Waals surface area contributed by atoms with E-state index in [0.717, 1.165) is 0 Å². The maximum absolute atomic E-state index is 11.1. The van der Waals surface area contributed by atoms with Crippen molar-refractivity contribution in [2.75, 3.05) is 36.2 Å². The third-order valence-corrected chi connectivity index (χ3v) is 3.34. The van der Waals surface area contributed by atoms with Gasteiger partial charge in [-0.05, 0) is 12.1 Å². The zero-order valence-electron chi connectivity index (χ0n) is 9.84. The first-order valence-electron chi connectivity index (χ1n) is 5.02. The first-order valence-corrected chi connectivity index (χ1v) is 7.08. The first kappa shape index (κ1) is 13.3. The highest BCUT2D eigenvalue weighted by Gasteiger charge is 2.10. The van der Waals surface area contributed by atoms with E-state index in [-0.39, 0.29) is 5.75 Å². The van der Waals surface area contributed by atoms with Gasteiger partial charge in [-0.3, -0.25) is 0 Å². The summed E-state index contributed by atoms with van der Waals surface area (Å²) in [5.74, 6) is 0.0553. The Morgan fingerprint density at radius 1 is 1.47 bits per heavy atom. The fourth-order valence-electron chi connectivity index (χ4n) is 1.41. The van der Waals surface area contributed by atoms with Gasteiger partial charge in [0.05, 0.1) is 22.7 Å². The molecule has 17 heavy (non-hydrogen) atoms. The second-order valence-corrected chi connectivity index (χ2v) is 6.16. The van der Waals surface area contributed by atoms with Gasteiger partial charge in [-0.25, -0.2) is 8.42 Å². The van der Waals surface area contributed by atoms with Crippen molar-refractivity contribution in [2.24, 2.45) is 0 Å². The van der Waals surface area contributed by atoms with Gasteiger partial charge >= 0.3 is 0 Å². The molecule has 0 heterocycles. The number of rotatable bonds is 4. The van der Waals surface area contributed by atoms with Crippen LogP contribution in [-0.4, -0.2) is 34.0 Å². The molecular weight excluding hydrogens is 238 g/mol. The van der Waals surface area contributed by atoms with Gasteiger partial charge in [-0.1, -0.05) is 6.07 Å². The molecule has 0 fully saturated rings. The zero-order valence-corrected chi connectivity index (χ0v) is 10.7. The molecule has 6 heteroatoms. The third kappa shape index (κ3) is 3.64. The lowest BCUT2D eigenvalue weighted by Crippen LogP contribution is -2.25. The van der Waals surface area contributed by atoms with Gasteiger partial charge in [0.15, 0.2) is 0 Å². The number of nitriles is 1. The molecule has 0 aromatic heterocycles. The predicted molar refractivity (Wildman–Crippen MR) is 68.6 cm³/mol. The van der Waals surface area contributed by atoms with Gasteiger partial charge in [-0.15, -0.1) is 0 Å². The molecule has 0 saturated carbocycles. The lowest BCUT2D eigenvalue weighted by molar-refractivity contribution is 0.601. The molecule has 0 saturated heterocycles. The molecule has 1 aromatic rings. The Balaban J connectivity index is 2.90. The number of sulfone groups is 1. The lowest BCUT2D eigenvalue weighted by atomic mass is 10.1. The van der Waals surface area contributed by atoms with E-state index in [1.165, 1.54) is 6.26 Å². The van der Waals surface area contributed by atoms with E-state index in [4.69, 9.17) is 11.0 Å². The molecule has 0 bridgehead atoms. The number of anilines is 2. The Morgan fingerprint density at radius 3 is 2.65 bits per heavy atom. The summed E-state index contributed by atoms with van der Waals surface area (Å²) in [7, 11) is -1.26. The van der Waals surface area contributed by atoms with Crippen LogP contribution in [0.25, 0.3) is 0 Å². The van der Waals surface area contributed by atoms with Gasteiger partial charge < -0.3 is 10.6 Å². The monoisotopic (exact) mass is 253 g/mol. The molecule has 0 aliphatic carbocycles. The number of para-hydroxylation sites is 1. The first-order chi connectivity index (χ1) is 7.85. The zero-order chi connectivity index (χ0) is 13.1. The molecule has 2 N–H and O–H groups in total. The van der Waals surface area contributed by atoms with Crippen LogP contribution < -0.4 is 10.6 Å². The highest BCUT2D eigenvalue weighted by molar-refractivity contribution is 7.90. The number of hydrogen-bond acceptors (Lipinski definition) is 5. The fourth-order valence-corrected chi connectivity index (χ4v) is 2.01. The Bertz CT molecular complexity index is 546. The molecule has 0 radical (unpaired) electrons. The average molecular weight is 253 g/mol. The van der Waals surface area contributed by atoms with E-state index in [1.54, 1.807) is 30.1 Å². The summed E-state index contributed by atoms with van der Waals surface area (Å²) in [5, 5.41) is 8.84. The summed E-state index contributed by atoms with van der Waals surface area (Å²) in [5.41, 5.74) is 7.27. The second kappa shape index (κ2) is 5.06. The fraction of sp³-hybridized carbons (Fsp3) is 0.364. The van der Waals surface area contributed by atoms with Crippen molar-refractivity contribution in [3.8, 4) is 6.07 Å². The summed E-state index contributed by atoms with van der Waals surface area (Å²) in [4.78, 5) is 1.73. The number of nitrogens with two attached hydrogens (primary N) is 1. The van der Waals surface area contributed by atoms with E-state index in [9.17, 15) is 8.42 Å². The van der Waals surface area contributed by atoms with Crippen LogP contribution in [0.2, 0.25) is 0 Å². The molecule has 0 atom stereocenters. The summed E-state index contributed by atoms with van der Waals surface area (Å²) in [6, 6.07) is 7.11. The molecule has 0 aliphatic rings. The van der Waals surface area contributed by atoms with Crippen molar-refractivity contribution >= 4 is 21.2 Å². The highest BCUT2D eigenvalue weighted by Crippen LogP contribution is 2.24. The van der Waals surface area contributed by atoms with Crippen LogP contribution in [0.1, 0.15) is 5.56 Å². The Morgan fingerprint density at radius 2 is 2.12 bits per heavy atom. The molecule has 92 valence electrons. The van der Waals surface area contributed by atoms with Crippen LogP contribution in [0, 0.1) is 11.3 Å². The minimum absolute atomic E-state index is 0.0553.